The second-order valence-corrected chi connectivity index (χ2v) is 6.10. The van der Waals surface area contributed by atoms with E-state index in [1.165, 1.54) is 0 Å². The molecule has 0 radical (unpaired) electrons. The number of rotatable bonds is 8. The standard InChI is InChI=1S/C20H24N2O4/c1-3-16(11-23)22-20(25)15-6-4-5-14(10-15)17-9-13(2)7-8-18(17)26-12-19(21)24/h4-10,16,23H,3,11-12H2,1-2H3,(H2,21,24)(H,22,25). The van der Waals surface area contributed by atoms with E-state index in [0.29, 0.717) is 17.7 Å². The number of aliphatic hydroxyl groups excluding tert-OH is 1. The van der Waals surface area contributed by atoms with Crippen molar-refractivity contribution in [2.24, 2.45) is 5.73 Å². The molecule has 2 aromatic rings. The lowest BCUT2D eigenvalue weighted by molar-refractivity contribution is -0.119. The Labute approximate surface area is 153 Å². The van der Waals surface area contributed by atoms with Crippen LogP contribution in [0.3, 0.4) is 0 Å². The summed E-state index contributed by atoms with van der Waals surface area (Å²) in [4.78, 5) is 23.4. The van der Waals surface area contributed by atoms with E-state index in [4.69, 9.17) is 10.5 Å². The Balaban J connectivity index is 2.33. The lowest BCUT2D eigenvalue weighted by atomic mass is 10.00. The lowest BCUT2D eigenvalue weighted by Gasteiger charge is -2.15. The molecule has 0 aliphatic rings. The first kappa shape index (κ1) is 19.5. The number of benzene rings is 2. The van der Waals surface area contributed by atoms with Crippen molar-refractivity contribution in [1.82, 2.24) is 5.32 Å². The minimum absolute atomic E-state index is 0.106. The molecule has 0 aliphatic carbocycles. The first-order valence-electron chi connectivity index (χ1n) is 8.48. The van der Waals surface area contributed by atoms with Crippen molar-refractivity contribution in [3.8, 4) is 16.9 Å². The Morgan fingerprint density at radius 1 is 1.23 bits per heavy atom. The maximum absolute atomic E-state index is 12.4. The van der Waals surface area contributed by atoms with Gasteiger partial charge in [-0.15, -0.1) is 0 Å². The van der Waals surface area contributed by atoms with Gasteiger partial charge in [-0.3, -0.25) is 9.59 Å². The van der Waals surface area contributed by atoms with E-state index in [-0.39, 0.29) is 25.2 Å². The van der Waals surface area contributed by atoms with Crippen LogP contribution in [-0.2, 0) is 4.79 Å². The van der Waals surface area contributed by atoms with E-state index in [1.807, 2.05) is 32.0 Å². The summed E-state index contributed by atoms with van der Waals surface area (Å²) in [6, 6.07) is 12.4. The van der Waals surface area contributed by atoms with Crippen LogP contribution in [0, 0.1) is 6.92 Å². The molecule has 0 saturated carbocycles. The van der Waals surface area contributed by atoms with Crippen molar-refractivity contribution in [2.75, 3.05) is 13.2 Å². The van der Waals surface area contributed by atoms with Crippen molar-refractivity contribution in [2.45, 2.75) is 26.3 Å². The second-order valence-electron chi connectivity index (χ2n) is 6.10. The molecule has 1 unspecified atom stereocenters. The molecule has 0 heterocycles. The van der Waals surface area contributed by atoms with Crippen molar-refractivity contribution in [3.63, 3.8) is 0 Å². The number of primary amides is 1. The third-order valence-electron chi connectivity index (χ3n) is 3.99. The summed E-state index contributed by atoms with van der Waals surface area (Å²) in [5.41, 5.74) is 8.23. The molecule has 0 aromatic heterocycles. The molecule has 1 atom stereocenters. The third kappa shape index (κ3) is 5.07. The monoisotopic (exact) mass is 356 g/mol. The smallest absolute Gasteiger partial charge is 0.255 e. The fourth-order valence-electron chi connectivity index (χ4n) is 2.52. The Kier molecular flexibility index (Phi) is 6.74. The fourth-order valence-corrected chi connectivity index (χ4v) is 2.52. The topological polar surface area (TPSA) is 102 Å². The van der Waals surface area contributed by atoms with Gasteiger partial charge in [-0.2, -0.15) is 0 Å². The van der Waals surface area contributed by atoms with Crippen LogP contribution in [0.2, 0.25) is 0 Å². The van der Waals surface area contributed by atoms with Gasteiger partial charge >= 0.3 is 0 Å². The summed E-state index contributed by atoms with van der Waals surface area (Å²) in [5.74, 6) is -0.284. The zero-order chi connectivity index (χ0) is 19.1. The Hall–Kier alpha value is -2.86. The Bertz CT molecular complexity index is 785. The molecule has 26 heavy (non-hydrogen) atoms. The Morgan fingerprint density at radius 3 is 2.65 bits per heavy atom. The largest absolute Gasteiger partial charge is 0.483 e. The van der Waals surface area contributed by atoms with Gasteiger partial charge < -0.3 is 20.9 Å². The van der Waals surface area contributed by atoms with Crippen LogP contribution in [0.25, 0.3) is 11.1 Å². The normalized spacial score (nSPS) is 11.7. The second kappa shape index (κ2) is 9.01. The number of nitrogens with two attached hydrogens (primary N) is 1. The lowest BCUT2D eigenvalue weighted by Crippen LogP contribution is -2.36. The van der Waals surface area contributed by atoms with Gasteiger partial charge in [0.25, 0.3) is 11.8 Å². The van der Waals surface area contributed by atoms with Gasteiger partial charge in [-0.25, -0.2) is 0 Å². The van der Waals surface area contributed by atoms with Gasteiger partial charge in [0.15, 0.2) is 6.61 Å². The van der Waals surface area contributed by atoms with E-state index in [1.54, 1.807) is 24.3 Å². The number of carbonyl (C=O) groups excluding carboxylic acids is 2. The molecular weight excluding hydrogens is 332 g/mol. The summed E-state index contributed by atoms with van der Waals surface area (Å²) in [6.45, 7) is 3.52. The number of hydrogen-bond donors (Lipinski definition) is 3. The summed E-state index contributed by atoms with van der Waals surface area (Å²) < 4.78 is 5.50. The maximum Gasteiger partial charge on any atom is 0.255 e. The maximum atomic E-state index is 12.4. The van der Waals surface area contributed by atoms with E-state index in [9.17, 15) is 14.7 Å². The van der Waals surface area contributed by atoms with E-state index in [0.717, 1.165) is 16.7 Å². The quantitative estimate of drug-likeness (QED) is 0.673. The number of amides is 2. The predicted molar refractivity (Wildman–Crippen MR) is 99.9 cm³/mol. The van der Waals surface area contributed by atoms with Crippen LogP contribution >= 0.6 is 0 Å². The Morgan fingerprint density at radius 2 is 2.00 bits per heavy atom. The van der Waals surface area contributed by atoms with Gasteiger partial charge in [-0.05, 0) is 43.2 Å². The van der Waals surface area contributed by atoms with Crippen LogP contribution in [0.5, 0.6) is 5.75 Å². The summed E-state index contributed by atoms with van der Waals surface area (Å²) in [6.07, 6.45) is 0.644. The predicted octanol–water partition coefficient (Wildman–Crippen LogP) is 2.03. The van der Waals surface area contributed by atoms with Crippen LogP contribution in [-0.4, -0.2) is 36.2 Å². The highest BCUT2D eigenvalue weighted by Gasteiger charge is 2.14. The van der Waals surface area contributed by atoms with Gasteiger partial charge in [0.1, 0.15) is 5.75 Å². The van der Waals surface area contributed by atoms with E-state index in [2.05, 4.69) is 5.32 Å². The highest BCUT2D eigenvalue weighted by molar-refractivity contribution is 5.96. The van der Waals surface area contributed by atoms with Gasteiger partial charge in [0, 0.05) is 11.1 Å². The SMILES string of the molecule is CCC(CO)NC(=O)c1cccc(-c2cc(C)ccc2OCC(N)=O)c1. The minimum Gasteiger partial charge on any atom is -0.483 e. The minimum atomic E-state index is -0.556. The molecule has 6 heteroatoms. The average Bonchev–Trinajstić information content (AvgIpc) is 2.64. The summed E-state index contributed by atoms with van der Waals surface area (Å²) >= 11 is 0. The van der Waals surface area contributed by atoms with Crippen LogP contribution in [0.15, 0.2) is 42.5 Å². The van der Waals surface area contributed by atoms with E-state index >= 15 is 0 Å². The summed E-state index contributed by atoms with van der Waals surface area (Å²) in [5, 5.41) is 12.1. The number of hydrogen-bond acceptors (Lipinski definition) is 4. The van der Waals surface area contributed by atoms with Gasteiger partial charge in [-0.1, -0.05) is 30.7 Å². The average molecular weight is 356 g/mol. The molecule has 0 aliphatic heterocycles. The number of aryl methyl sites for hydroxylation is 1. The number of nitrogens with one attached hydrogen (secondary N) is 1. The van der Waals surface area contributed by atoms with Crippen LogP contribution < -0.4 is 15.8 Å². The van der Waals surface area contributed by atoms with Crippen molar-refractivity contribution >= 4 is 11.8 Å². The van der Waals surface area contributed by atoms with Crippen LogP contribution in [0.1, 0.15) is 29.3 Å². The molecule has 2 amide bonds. The molecule has 138 valence electrons. The van der Waals surface area contributed by atoms with E-state index < -0.39 is 5.91 Å². The molecule has 0 saturated heterocycles. The highest BCUT2D eigenvalue weighted by atomic mass is 16.5. The molecular formula is C20H24N2O4. The number of ether oxygens (including phenoxy) is 1. The molecule has 6 nitrogen and oxygen atoms in total. The first-order valence-corrected chi connectivity index (χ1v) is 8.48. The zero-order valence-electron chi connectivity index (χ0n) is 15.0. The molecule has 2 rings (SSSR count). The fraction of sp³-hybridized carbons (Fsp3) is 0.300. The molecule has 0 spiro atoms. The highest BCUT2D eigenvalue weighted by Crippen LogP contribution is 2.31. The first-order chi connectivity index (χ1) is 12.4. The third-order valence-corrected chi connectivity index (χ3v) is 3.99. The molecule has 4 N–H and O–H groups in total. The summed E-state index contributed by atoms with van der Waals surface area (Å²) in [7, 11) is 0. The number of aliphatic hydroxyl groups is 1. The van der Waals surface area contributed by atoms with Crippen LogP contribution in [0.4, 0.5) is 0 Å². The van der Waals surface area contributed by atoms with Crippen molar-refractivity contribution in [3.05, 3.63) is 53.6 Å². The molecule has 2 aromatic carbocycles. The molecule has 0 bridgehead atoms. The van der Waals surface area contributed by atoms with Crippen molar-refractivity contribution < 1.29 is 19.4 Å². The number of carbonyl (C=O) groups is 2. The zero-order valence-corrected chi connectivity index (χ0v) is 15.0. The van der Waals surface area contributed by atoms with Gasteiger partial charge in [0.05, 0.1) is 12.6 Å². The van der Waals surface area contributed by atoms with Gasteiger partial charge in [0.2, 0.25) is 0 Å². The molecule has 0 fully saturated rings. The van der Waals surface area contributed by atoms with Crippen molar-refractivity contribution in [1.29, 1.82) is 0 Å².